The van der Waals surface area contributed by atoms with E-state index in [1.165, 1.54) is 12.1 Å². The Labute approximate surface area is 131 Å². The van der Waals surface area contributed by atoms with Crippen LogP contribution in [0, 0.1) is 5.82 Å². The number of aliphatic hydroxyl groups excluding tert-OH is 1. The van der Waals surface area contributed by atoms with Crippen LogP contribution in [-0.2, 0) is 20.2 Å². The highest BCUT2D eigenvalue weighted by Crippen LogP contribution is 2.13. The molecule has 0 atom stereocenters. The van der Waals surface area contributed by atoms with E-state index in [1.807, 2.05) is 0 Å². The summed E-state index contributed by atoms with van der Waals surface area (Å²) in [7, 11) is 1.78. The molecule has 0 spiro atoms. The molecule has 0 aliphatic carbocycles. The van der Waals surface area contributed by atoms with Crippen molar-refractivity contribution in [2.24, 2.45) is 7.05 Å². The van der Waals surface area contributed by atoms with Gasteiger partial charge in [0.25, 0.3) is 5.91 Å². The molecule has 1 aromatic heterocycles. The monoisotopic (exact) mass is 314 g/mol. The first-order valence-electron chi connectivity index (χ1n) is 7.04. The lowest BCUT2D eigenvalue weighted by atomic mass is 10.1. The van der Waals surface area contributed by atoms with Crippen molar-refractivity contribution in [3.63, 3.8) is 0 Å². The summed E-state index contributed by atoms with van der Waals surface area (Å²) < 4.78 is 15.0. The van der Waals surface area contributed by atoms with Gasteiger partial charge in [0.15, 0.2) is 0 Å². The number of nitrogens with one attached hydrogen (secondary N) is 1. The zero-order valence-electron chi connectivity index (χ0n) is 12.5. The Balaban J connectivity index is 1.73. The maximum absolute atomic E-state index is 13.3. The van der Waals surface area contributed by atoms with E-state index in [-0.39, 0.29) is 24.6 Å². The average molecular weight is 314 g/mol. The molecule has 3 rings (SSSR count). The predicted molar refractivity (Wildman–Crippen MR) is 82.0 cm³/mol. The Bertz CT molecular complexity index is 876. The van der Waals surface area contributed by atoms with Crippen LogP contribution in [0.25, 0.3) is 11.0 Å². The SMILES string of the molecule is Cn1nnc2cc(C(=O)NCc3ccc(F)c(CO)c3)ccc21. The number of aromatic nitrogens is 3. The number of aryl methyl sites for hydroxylation is 1. The Hall–Kier alpha value is -2.80. The minimum Gasteiger partial charge on any atom is -0.392 e. The number of benzene rings is 2. The maximum atomic E-state index is 13.3. The molecular weight excluding hydrogens is 299 g/mol. The number of rotatable bonds is 4. The van der Waals surface area contributed by atoms with Gasteiger partial charge in [0.05, 0.1) is 12.1 Å². The van der Waals surface area contributed by atoms with Crippen LogP contribution >= 0.6 is 0 Å². The molecule has 0 aliphatic heterocycles. The smallest absolute Gasteiger partial charge is 0.251 e. The van der Waals surface area contributed by atoms with E-state index in [4.69, 9.17) is 5.11 Å². The van der Waals surface area contributed by atoms with Gasteiger partial charge >= 0.3 is 0 Å². The van der Waals surface area contributed by atoms with Gasteiger partial charge in [0, 0.05) is 24.7 Å². The fraction of sp³-hybridized carbons (Fsp3) is 0.188. The number of aliphatic hydroxyl groups is 1. The van der Waals surface area contributed by atoms with Gasteiger partial charge in [0.2, 0.25) is 0 Å². The molecule has 0 fully saturated rings. The number of fused-ring (bicyclic) bond motifs is 1. The molecule has 2 N–H and O–H groups in total. The van der Waals surface area contributed by atoms with Gasteiger partial charge in [-0.3, -0.25) is 4.79 Å². The van der Waals surface area contributed by atoms with Gasteiger partial charge in [0.1, 0.15) is 11.3 Å². The molecule has 0 saturated heterocycles. The van der Waals surface area contributed by atoms with Crippen molar-refractivity contribution < 1.29 is 14.3 Å². The van der Waals surface area contributed by atoms with Crippen LogP contribution in [0.4, 0.5) is 4.39 Å². The fourth-order valence-corrected chi connectivity index (χ4v) is 2.33. The highest BCUT2D eigenvalue weighted by Gasteiger charge is 2.09. The number of amides is 1. The second kappa shape index (κ2) is 6.13. The van der Waals surface area contributed by atoms with Crippen LogP contribution in [0.3, 0.4) is 0 Å². The van der Waals surface area contributed by atoms with E-state index < -0.39 is 5.82 Å². The normalized spacial score (nSPS) is 10.9. The predicted octanol–water partition coefficient (Wildman–Crippen LogP) is 1.53. The first kappa shape index (κ1) is 15.1. The summed E-state index contributed by atoms with van der Waals surface area (Å²) >= 11 is 0. The molecule has 23 heavy (non-hydrogen) atoms. The topological polar surface area (TPSA) is 80.0 Å². The highest BCUT2D eigenvalue weighted by atomic mass is 19.1. The summed E-state index contributed by atoms with van der Waals surface area (Å²) in [6, 6.07) is 9.53. The molecule has 2 aromatic carbocycles. The van der Waals surface area contributed by atoms with Gasteiger partial charge in [-0.2, -0.15) is 0 Å². The molecule has 3 aromatic rings. The largest absolute Gasteiger partial charge is 0.392 e. The molecule has 0 radical (unpaired) electrons. The molecule has 118 valence electrons. The molecule has 7 heteroatoms. The Morgan fingerprint density at radius 1 is 1.30 bits per heavy atom. The van der Waals surface area contributed by atoms with Crippen molar-refractivity contribution in [1.82, 2.24) is 20.3 Å². The zero-order valence-corrected chi connectivity index (χ0v) is 12.5. The van der Waals surface area contributed by atoms with Crippen molar-refractivity contribution in [3.8, 4) is 0 Å². The Morgan fingerprint density at radius 3 is 2.91 bits per heavy atom. The average Bonchev–Trinajstić information content (AvgIpc) is 2.94. The van der Waals surface area contributed by atoms with Crippen molar-refractivity contribution in [2.75, 3.05) is 0 Å². The van der Waals surface area contributed by atoms with Crippen LogP contribution in [0.5, 0.6) is 0 Å². The van der Waals surface area contributed by atoms with Gasteiger partial charge in [-0.05, 0) is 35.9 Å². The second-order valence-electron chi connectivity index (χ2n) is 5.18. The number of hydrogen-bond acceptors (Lipinski definition) is 4. The molecule has 0 unspecified atom stereocenters. The van der Waals surface area contributed by atoms with Crippen molar-refractivity contribution >= 4 is 16.9 Å². The maximum Gasteiger partial charge on any atom is 0.251 e. The standard InChI is InChI=1S/C16H15FN4O2/c1-21-15-5-3-11(7-14(15)19-20-21)16(23)18-8-10-2-4-13(17)12(6-10)9-22/h2-7,22H,8-9H2,1H3,(H,18,23). The van der Waals surface area contributed by atoms with Crippen LogP contribution in [-0.4, -0.2) is 26.0 Å². The zero-order chi connectivity index (χ0) is 16.4. The van der Waals surface area contributed by atoms with Crippen molar-refractivity contribution in [3.05, 3.63) is 58.9 Å². The van der Waals surface area contributed by atoms with Crippen LogP contribution in [0.15, 0.2) is 36.4 Å². The Morgan fingerprint density at radius 2 is 2.13 bits per heavy atom. The third kappa shape index (κ3) is 3.04. The molecule has 0 saturated carbocycles. The minimum atomic E-state index is -0.462. The quantitative estimate of drug-likeness (QED) is 0.765. The summed E-state index contributed by atoms with van der Waals surface area (Å²) in [5, 5.41) is 19.7. The van der Waals surface area contributed by atoms with E-state index in [0.717, 1.165) is 5.52 Å². The molecule has 1 amide bonds. The number of carbonyl (C=O) groups excluding carboxylic acids is 1. The lowest BCUT2D eigenvalue weighted by Gasteiger charge is -2.07. The first-order chi connectivity index (χ1) is 11.1. The first-order valence-corrected chi connectivity index (χ1v) is 7.04. The number of carbonyl (C=O) groups is 1. The van der Waals surface area contributed by atoms with E-state index >= 15 is 0 Å². The lowest BCUT2D eigenvalue weighted by molar-refractivity contribution is 0.0951. The third-order valence-electron chi connectivity index (χ3n) is 3.61. The number of halogens is 1. The van der Waals surface area contributed by atoms with Crippen LogP contribution in [0.2, 0.25) is 0 Å². The third-order valence-corrected chi connectivity index (χ3v) is 3.61. The molecule has 1 heterocycles. The molecule has 0 bridgehead atoms. The van der Waals surface area contributed by atoms with Crippen LogP contribution in [0.1, 0.15) is 21.5 Å². The molecule has 6 nitrogen and oxygen atoms in total. The van der Waals surface area contributed by atoms with Crippen LogP contribution < -0.4 is 5.32 Å². The van der Waals surface area contributed by atoms with E-state index in [1.54, 1.807) is 36.0 Å². The van der Waals surface area contributed by atoms with Gasteiger partial charge in [-0.25, -0.2) is 9.07 Å². The van der Waals surface area contributed by atoms with E-state index in [0.29, 0.717) is 16.6 Å². The minimum absolute atomic E-state index is 0.206. The van der Waals surface area contributed by atoms with Crippen molar-refractivity contribution in [2.45, 2.75) is 13.2 Å². The van der Waals surface area contributed by atoms with Crippen molar-refractivity contribution in [1.29, 1.82) is 0 Å². The number of nitrogens with zero attached hydrogens (tertiary/aromatic N) is 3. The fourth-order valence-electron chi connectivity index (χ4n) is 2.33. The Kier molecular flexibility index (Phi) is 4.03. The summed E-state index contributed by atoms with van der Waals surface area (Å²) in [5.41, 5.74) is 2.88. The van der Waals surface area contributed by atoms with E-state index in [2.05, 4.69) is 15.6 Å². The van der Waals surface area contributed by atoms with Gasteiger partial charge in [-0.15, -0.1) is 5.10 Å². The summed E-state index contributed by atoms with van der Waals surface area (Å²) in [6.07, 6.45) is 0. The van der Waals surface area contributed by atoms with Gasteiger partial charge in [-0.1, -0.05) is 11.3 Å². The van der Waals surface area contributed by atoms with Gasteiger partial charge < -0.3 is 10.4 Å². The lowest BCUT2D eigenvalue weighted by Crippen LogP contribution is -2.22. The second-order valence-corrected chi connectivity index (χ2v) is 5.18. The molecular formula is C16H15FN4O2. The summed E-state index contributed by atoms with van der Waals surface area (Å²) in [5.74, 6) is -0.719. The number of hydrogen-bond donors (Lipinski definition) is 2. The summed E-state index contributed by atoms with van der Waals surface area (Å²) in [4.78, 5) is 12.2. The molecule has 0 aliphatic rings. The highest BCUT2D eigenvalue weighted by molar-refractivity contribution is 5.97. The van der Waals surface area contributed by atoms with E-state index in [9.17, 15) is 9.18 Å². The summed E-state index contributed by atoms with van der Waals surface area (Å²) in [6.45, 7) is -0.137.